The maximum Gasteiger partial charge on any atom is 0.212 e. The first-order valence-corrected chi connectivity index (χ1v) is 12.4. The summed E-state index contributed by atoms with van der Waals surface area (Å²) in [7, 11) is -2.82. The molecule has 0 amide bonds. The number of hydrogen-bond acceptors (Lipinski definition) is 7. The fourth-order valence-electron chi connectivity index (χ4n) is 3.40. The van der Waals surface area contributed by atoms with Crippen molar-refractivity contribution in [3.05, 3.63) is 59.4 Å². The molecule has 2 unspecified atom stereocenters. The van der Waals surface area contributed by atoms with Crippen LogP contribution < -0.4 is 5.32 Å². The quantitative estimate of drug-likeness (QED) is 0.506. The Bertz CT molecular complexity index is 995. The van der Waals surface area contributed by atoms with E-state index in [2.05, 4.69) is 15.3 Å². The minimum Gasteiger partial charge on any atom is -0.508 e. The van der Waals surface area contributed by atoms with Crippen LogP contribution in [0.2, 0.25) is 0 Å². The van der Waals surface area contributed by atoms with Crippen molar-refractivity contribution in [3.8, 4) is 16.2 Å². The molecule has 152 valence electrons. The van der Waals surface area contributed by atoms with Crippen molar-refractivity contribution in [1.82, 2.24) is 9.97 Å². The van der Waals surface area contributed by atoms with Gasteiger partial charge in [-0.1, -0.05) is 0 Å². The van der Waals surface area contributed by atoms with Gasteiger partial charge in [-0.25, -0.2) is 4.98 Å². The average molecular weight is 429 g/mol. The number of phenolic OH excluding ortho intramolecular Hbond substituents is 1. The highest BCUT2D eigenvalue weighted by atomic mass is 32.1. The zero-order chi connectivity index (χ0) is 20.3. The third-order valence-electron chi connectivity index (χ3n) is 5.01. The van der Waals surface area contributed by atoms with Crippen LogP contribution in [0.3, 0.4) is 0 Å². The van der Waals surface area contributed by atoms with E-state index in [-0.39, 0.29) is 11.4 Å². The summed E-state index contributed by atoms with van der Waals surface area (Å²) in [5.41, 5.74) is 1.65. The van der Waals surface area contributed by atoms with Crippen LogP contribution in [0.25, 0.3) is 10.4 Å². The normalized spacial score (nSPS) is 20.3. The van der Waals surface area contributed by atoms with Crippen molar-refractivity contribution in [2.24, 2.45) is 0 Å². The molecule has 8 heteroatoms. The molecule has 2 aromatic heterocycles. The van der Waals surface area contributed by atoms with Crippen LogP contribution >= 0.6 is 18.7 Å². The SMILES string of the molecule is Cc1cnc(NCC(c2ccc(-c3ccc(O)cc3)s2)P2(=O)CCCCO2)cn1. The maximum atomic E-state index is 13.7. The molecule has 3 aromatic rings. The number of rotatable bonds is 6. The second kappa shape index (κ2) is 8.66. The van der Waals surface area contributed by atoms with E-state index in [4.69, 9.17) is 4.52 Å². The van der Waals surface area contributed by atoms with Gasteiger partial charge < -0.3 is 14.9 Å². The van der Waals surface area contributed by atoms with Gasteiger partial charge in [-0.15, -0.1) is 11.3 Å². The molecule has 1 fully saturated rings. The Kier molecular flexibility index (Phi) is 5.99. The summed E-state index contributed by atoms with van der Waals surface area (Å²) >= 11 is 1.62. The van der Waals surface area contributed by atoms with Crippen LogP contribution in [0.1, 0.15) is 29.1 Å². The van der Waals surface area contributed by atoms with Crippen molar-refractivity contribution in [2.45, 2.75) is 25.4 Å². The highest BCUT2D eigenvalue weighted by molar-refractivity contribution is 7.59. The van der Waals surface area contributed by atoms with Gasteiger partial charge in [0.05, 0.1) is 30.4 Å². The van der Waals surface area contributed by atoms with E-state index < -0.39 is 7.37 Å². The first-order chi connectivity index (χ1) is 14.0. The zero-order valence-electron chi connectivity index (χ0n) is 16.2. The fraction of sp³-hybridized carbons (Fsp3) is 0.333. The first kappa shape index (κ1) is 20.1. The second-order valence-electron chi connectivity index (χ2n) is 7.18. The van der Waals surface area contributed by atoms with Crippen molar-refractivity contribution in [3.63, 3.8) is 0 Å². The van der Waals surface area contributed by atoms with Crippen molar-refractivity contribution in [1.29, 1.82) is 0 Å². The summed E-state index contributed by atoms with van der Waals surface area (Å²) in [5.74, 6) is 0.909. The van der Waals surface area contributed by atoms with Crippen molar-refractivity contribution in [2.75, 3.05) is 24.6 Å². The smallest absolute Gasteiger partial charge is 0.212 e. The first-order valence-electron chi connectivity index (χ1n) is 9.68. The number of aromatic hydroxyl groups is 1. The molecular formula is C21H24N3O3PS. The average Bonchev–Trinajstić information content (AvgIpc) is 3.20. The number of benzene rings is 1. The van der Waals surface area contributed by atoms with Gasteiger partial charge in [0, 0.05) is 22.5 Å². The van der Waals surface area contributed by atoms with Crippen molar-refractivity contribution < 1.29 is 14.2 Å². The second-order valence-corrected chi connectivity index (χ2v) is 11.1. The minimum absolute atomic E-state index is 0.234. The van der Waals surface area contributed by atoms with E-state index in [1.54, 1.807) is 35.9 Å². The number of nitrogens with zero attached hydrogens (tertiary/aromatic N) is 2. The predicted molar refractivity (Wildman–Crippen MR) is 117 cm³/mol. The molecule has 6 nitrogen and oxygen atoms in total. The predicted octanol–water partition coefficient (Wildman–Crippen LogP) is 5.46. The summed E-state index contributed by atoms with van der Waals surface area (Å²) in [6, 6.07) is 11.2. The standard InChI is InChI=1S/C21H24N3O3PS/c1-15-12-23-21(14-22-15)24-13-18(28(26)11-3-2-10-27-28)20-9-8-19(29-20)16-4-6-17(25)7-5-16/h4-9,12,14,18,25H,2-3,10-11,13H2,1H3,(H,23,24). The van der Waals surface area contributed by atoms with Crippen LogP contribution in [-0.2, 0) is 9.09 Å². The lowest BCUT2D eigenvalue weighted by Gasteiger charge is -2.30. The summed E-state index contributed by atoms with van der Waals surface area (Å²) < 4.78 is 19.5. The Hall–Kier alpha value is -2.21. The summed E-state index contributed by atoms with van der Waals surface area (Å²) in [6.45, 7) is 2.92. The van der Waals surface area contributed by atoms with E-state index in [0.717, 1.165) is 33.9 Å². The Balaban J connectivity index is 1.60. The van der Waals surface area contributed by atoms with E-state index in [1.165, 1.54) is 0 Å². The van der Waals surface area contributed by atoms with Gasteiger partial charge in [0.2, 0.25) is 7.37 Å². The highest BCUT2D eigenvalue weighted by Gasteiger charge is 2.38. The number of nitrogens with one attached hydrogen (secondary N) is 1. The van der Waals surface area contributed by atoms with Crippen molar-refractivity contribution >= 4 is 24.5 Å². The van der Waals surface area contributed by atoms with Gasteiger partial charge in [-0.05, 0) is 61.7 Å². The number of thiophene rings is 1. The van der Waals surface area contributed by atoms with Crippen LogP contribution in [0.15, 0.2) is 48.8 Å². The topological polar surface area (TPSA) is 84.3 Å². The third kappa shape index (κ3) is 4.69. The van der Waals surface area contributed by atoms with Gasteiger partial charge in [0.1, 0.15) is 11.6 Å². The van der Waals surface area contributed by atoms with Gasteiger partial charge in [0.15, 0.2) is 0 Å². The number of phenols is 1. The molecule has 0 spiro atoms. The van der Waals surface area contributed by atoms with E-state index in [0.29, 0.717) is 25.1 Å². The molecule has 0 saturated carbocycles. The lowest BCUT2D eigenvalue weighted by atomic mass is 10.2. The Morgan fingerprint density at radius 1 is 1.17 bits per heavy atom. The Morgan fingerprint density at radius 3 is 2.69 bits per heavy atom. The van der Waals surface area contributed by atoms with E-state index >= 15 is 0 Å². The molecule has 1 aliphatic rings. The van der Waals surface area contributed by atoms with Crippen LogP contribution in [-0.4, -0.2) is 34.4 Å². The summed E-state index contributed by atoms with van der Waals surface area (Å²) in [6.07, 6.45) is 5.89. The number of anilines is 1. The molecule has 2 N–H and O–H groups in total. The lowest BCUT2D eigenvalue weighted by molar-refractivity contribution is 0.280. The molecule has 29 heavy (non-hydrogen) atoms. The number of hydrogen-bond donors (Lipinski definition) is 2. The van der Waals surface area contributed by atoms with E-state index in [9.17, 15) is 9.67 Å². The minimum atomic E-state index is -2.82. The molecular weight excluding hydrogens is 405 g/mol. The molecule has 0 aliphatic carbocycles. The molecule has 3 heterocycles. The lowest BCUT2D eigenvalue weighted by Crippen LogP contribution is -2.18. The monoisotopic (exact) mass is 429 g/mol. The van der Waals surface area contributed by atoms with Gasteiger partial charge in [-0.3, -0.25) is 9.55 Å². The fourth-order valence-corrected chi connectivity index (χ4v) is 7.60. The number of aromatic nitrogens is 2. The third-order valence-corrected chi connectivity index (χ3v) is 9.41. The summed E-state index contributed by atoms with van der Waals surface area (Å²) in [5, 5.41) is 12.8. The van der Waals surface area contributed by atoms with Crippen LogP contribution in [0.4, 0.5) is 5.82 Å². The summed E-state index contributed by atoms with van der Waals surface area (Å²) in [4.78, 5) is 10.7. The molecule has 0 bridgehead atoms. The van der Waals surface area contributed by atoms with E-state index in [1.807, 2.05) is 31.2 Å². The van der Waals surface area contributed by atoms with Crippen LogP contribution in [0.5, 0.6) is 5.75 Å². The molecule has 0 radical (unpaired) electrons. The largest absolute Gasteiger partial charge is 0.508 e. The maximum absolute atomic E-state index is 13.7. The Morgan fingerprint density at radius 2 is 2.00 bits per heavy atom. The Labute approximate surface area is 174 Å². The molecule has 1 aromatic carbocycles. The zero-order valence-corrected chi connectivity index (χ0v) is 18.0. The highest BCUT2D eigenvalue weighted by Crippen LogP contribution is 2.63. The van der Waals surface area contributed by atoms with Crippen LogP contribution in [0, 0.1) is 6.92 Å². The molecule has 2 atom stereocenters. The molecule has 1 aliphatic heterocycles. The van der Waals surface area contributed by atoms with Gasteiger partial charge in [-0.2, -0.15) is 0 Å². The molecule has 4 rings (SSSR count). The van der Waals surface area contributed by atoms with Gasteiger partial charge >= 0.3 is 0 Å². The molecule has 1 saturated heterocycles. The van der Waals surface area contributed by atoms with Gasteiger partial charge in [0.25, 0.3) is 0 Å². The number of aryl methyl sites for hydroxylation is 1.